The van der Waals surface area contributed by atoms with Crippen molar-refractivity contribution in [1.82, 2.24) is 0 Å². The van der Waals surface area contributed by atoms with Gasteiger partial charge in [0, 0.05) is 6.21 Å². The zero-order chi connectivity index (χ0) is 17.5. The number of hydrogen-bond donors (Lipinski definition) is 1. The largest absolute Gasteiger partial charge is 0.479 e. The van der Waals surface area contributed by atoms with E-state index in [2.05, 4.69) is 4.99 Å². The lowest BCUT2D eigenvalue weighted by atomic mass is 10.2. The zero-order valence-electron chi connectivity index (χ0n) is 13.3. The van der Waals surface area contributed by atoms with E-state index in [0.29, 0.717) is 17.0 Å². The fourth-order valence-corrected chi connectivity index (χ4v) is 1.90. The molecule has 2 rings (SSSR count). The normalized spacial score (nSPS) is 11.9. The lowest BCUT2D eigenvalue weighted by molar-refractivity contribution is -0.144. The maximum Gasteiger partial charge on any atom is 0.344 e. The lowest BCUT2D eigenvalue weighted by Crippen LogP contribution is -2.22. The summed E-state index contributed by atoms with van der Waals surface area (Å²) in [4.78, 5) is 26.7. The minimum atomic E-state index is -1.03. The Morgan fingerprint density at radius 1 is 1.12 bits per heavy atom. The predicted molar refractivity (Wildman–Crippen MR) is 89.2 cm³/mol. The van der Waals surface area contributed by atoms with Crippen molar-refractivity contribution in [3.63, 3.8) is 0 Å². The van der Waals surface area contributed by atoms with Gasteiger partial charge in [0.1, 0.15) is 5.75 Å². The van der Waals surface area contributed by atoms with Crippen molar-refractivity contribution >= 4 is 23.8 Å². The van der Waals surface area contributed by atoms with Gasteiger partial charge in [0.15, 0.2) is 6.10 Å². The molecule has 0 spiro atoms. The number of carbonyl (C=O) groups is 2. The molecule has 2 aromatic rings. The monoisotopic (exact) mass is 327 g/mol. The molecule has 0 bridgehead atoms. The number of aliphatic imine (C=N–C) groups is 1. The number of carbonyl (C=O) groups excluding carboxylic acids is 1. The van der Waals surface area contributed by atoms with Crippen molar-refractivity contribution in [2.24, 2.45) is 4.99 Å². The first-order chi connectivity index (χ1) is 11.5. The Hall–Kier alpha value is -3.15. The van der Waals surface area contributed by atoms with Crippen LogP contribution in [0.4, 0.5) is 5.69 Å². The highest BCUT2D eigenvalue weighted by atomic mass is 16.5. The van der Waals surface area contributed by atoms with Gasteiger partial charge in [-0.05, 0) is 48.9 Å². The van der Waals surface area contributed by atoms with E-state index in [0.717, 1.165) is 5.56 Å². The van der Waals surface area contributed by atoms with Crippen LogP contribution in [0, 0.1) is 0 Å². The highest BCUT2D eigenvalue weighted by Gasteiger charge is 2.12. The van der Waals surface area contributed by atoms with Gasteiger partial charge in [-0.25, -0.2) is 9.59 Å². The molecule has 1 atom stereocenters. The SMILES string of the molecule is COC(=O)c1ccccc1N=Cc1ccc(O[C@@H](C)C(=O)O)cc1. The van der Waals surface area contributed by atoms with Gasteiger partial charge in [0.25, 0.3) is 0 Å². The number of esters is 1. The molecule has 6 heteroatoms. The van der Waals surface area contributed by atoms with E-state index in [1.54, 1.807) is 54.7 Å². The van der Waals surface area contributed by atoms with Gasteiger partial charge >= 0.3 is 11.9 Å². The van der Waals surface area contributed by atoms with Gasteiger partial charge in [0.05, 0.1) is 18.4 Å². The topological polar surface area (TPSA) is 85.2 Å². The van der Waals surface area contributed by atoms with E-state index >= 15 is 0 Å². The van der Waals surface area contributed by atoms with Crippen LogP contribution in [-0.4, -0.2) is 36.5 Å². The molecule has 0 radical (unpaired) electrons. The third kappa shape index (κ3) is 4.42. The summed E-state index contributed by atoms with van der Waals surface area (Å²) in [5, 5.41) is 8.82. The number of aliphatic carboxylic acids is 1. The number of nitrogens with zero attached hydrogens (tertiary/aromatic N) is 1. The molecule has 124 valence electrons. The number of carboxylic acids is 1. The van der Waals surface area contributed by atoms with Crippen LogP contribution >= 0.6 is 0 Å². The van der Waals surface area contributed by atoms with E-state index in [1.807, 2.05) is 0 Å². The average molecular weight is 327 g/mol. The number of rotatable bonds is 6. The third-order valence-corrected chi connectivity index (χ3v) is 3.20. The highest BCUT2D eigenvalue weighted by molar-refractivity contribution is 5.96. The predicted octanol–water partition coefficient (Wildman–Crippen LogP) is 3.08. The molecule has 0 saturated heterocycles. The van der Waals surface area contributed by atoms with Crippen LogP contribution in [0.5, 0.6) is 5.75 Å². The third-order valence-electron chi connectivity index (χ3n) is 3.20. The Labute approximate surface area is 139 Å². The second-order valence-corrected chi connectivity index (χ2v) is 4.93. The molecule has 0 saturated carbocycles. The van der Waals surface area contributed by atoms with Gasteiger partial charge in [-0.3, -0.25) is 4.99 Å². The van der Waals surface area contributed by atoms with Gasteiger partial charge in [0.2, 0.25) is 0 Å². The first-order valence-corrected chi connectivity index (χ1v) is 7.22. The molecule has 0 aromatic heterocycles. The number of para-hydroxylation sites is 1. The molecular weight excluding hydrogens is 310 g/mol. The van der Waals surface area contributed by atoms with Crippen LogP contribution in [-0.2, 0) is 9.53 Å². The second-order valence-electron chi connectivity index (χ2n) is 4.93. The fourth-order valence-electron chi connectivity index (χ4n) is 1.90. The fraction of sp³-hybridized carbons (Fsp3) is 0.167. The van der Waals surface area contributed by atoms with Crippen molar-refractivity contribution in [1.29, 1.82) is 0 Å². The second kappa shape index (κ2) is 7.92. The number of carboxylic acid groups (broad SMARTS) is 1. The molecule has 0 amide bonds. The van der Waals surface area contributed by atoms with Crippen molar-refractivity contribution in [3.05, 3.63) is 59.7 Å². The summed E-state index contributed by atoms with van der Waals surface area (Å²) >= 11 is 0. The summed E-state index contributed by atoms with van der Waals surface area (Å²) < 4.78 is 9.98. The van der Waals surface area contributed by atoms with Gasteiger partial charge in [-0.2, -0.15) is 0 Å². The summed E-state index contributed by atoms with van der Waals surface area (Å²) in [5.74, 6) is -1.02. The van der Waals surface area contributed by atoms with Crippen LogP contribution < -0.4 is 4.74 Å². The van der Waals surface area contributed by atoms with Crippen LogP contribution in [0.3, 0.4) is 0 Å². The average Bonchev–Trinajstić information content (AvgIpc) is 2.60. The summed E-state index contributed by atoms with van der Waals surface area (Å²) in [6.07, 6.45) is 0.683. The molecule has 0 heterocycles. The van der Waals surface area contributed by atoms with Gasteiger partial charge < -0.3 is 14.6 Å². The molecule has 0 aliphatic carbocycles. The van der Waals surface area contributed by atoms with Gasteiger partial charge in [-0.15, -0.1) is 0 Å². The maximum absolute atomic E-state index is 11.7. The Morgan fingerprint density at radius 3 is 2.42 bits per heavy atom. The number of ether oxygens (including phenoxy) is 2. The molecule has 2 aromatic carbocycles. The van der Waals surface area contributed by atoms with Crippen molar-refractivity contribution in [3.8, 4) is 5.75 Å². The van der Waals surface area contributed by atoms with Crippen LogP contribution in [0.1, 0.15) is 22.8 Å². The van der Waals surface area contributed by atoms with Crippen LogP contribution in [0.25, 0.3) is 0 Å². The standard InChI is InChI=1S/C18H17NO5/c1-12(17(20)21)24-14-9-7-13(8-10-14)11-19-16-6-4-3-5-15(16)18(22)23-2/h3-12H,1-2H3,(H,20,21)/t12-/m0/s1. The minimum absolute atomic E-state index is 0.381. The van der Waals surface area contributed by atoms with Gasteiger partial charge in [-0.1, -0.05) is 12.1 Å². The van der Waals surface area contributed by atoms with Crippen LogP contribution in [0.15, 0.2) is 53.5 Å². The summed E-state index contributed by atoms with van der Waals surface area (Å²) in [5.41, 5.74) is 1.67. The summed E-state index contributed by atoms with van der Waals surface area (Å²) in [7, 11) is 1.32. The number of benzene rings is 2. The number of hydrogen-bond acceptors (Lipinski definition) is 5. The molecule has 0 aliphatic heterocycles. The van der Waals surface area contributed by atoms with Crippen LogP contribution in [0.2, 0.25) is 0 Å². The molecule has 1 N–H and O–H groups in total. The molecular formula is C18H17NO5. The Kier molecular flexibility index (Phi) is 5.68. The Bertz CT molecular complexity index is 752. The first kappa shape index (κ1) is 17.2. The Morgan fingerprint density at radius 2 is 1.79 bits per heavy atom. The van der Waals surface area contributed by atoms with E-state index in [9.17, 15) is 9.59 Å². The zero-order valence-corrected chi connectivity index (χ0v) is 13.3. The van der Waals surface area contributed by atoms with Crippen molar-refractivity contribution in [2.45, 2.75) is 13.0 Å². The van der Waals surface area contributed by atoms with E-state index in [1.165, 1.54) is 14.0 Å². The number of methoxy groups -OCH3 is 1. The molecule has 0 unspecified atom stereocenters. The maximum atomic E-state index is 11.7. The van der Waals surface area contributed by atoms with Crippen molar-refractivity contribution < 1.29 is 24.2 Å². The lowest BCUT2D eigenvalue weighted by Gasteiger charge is -2.10. The van der Waals surface area contributed by atoms with E-state index in [-0.39, 0.29) is 0 Å². The molecule has 0 fully saturated rings. The molecule has 24 heavy (non-hydrogen) atoms. The first-order valence-electron chi connectivity index (χ1n) is 7.22. The minimum Gasteiger partial charge on any atom is -0.479 e. The molecule has 6 nitrogen and oxygen atoms in total. The quantitative estimate of drug-likeness (QED) is 0.651. The summed E-state index contributed by atoms with van der Waals surface area (Å²) in [6, 6.07) is 13.7. The highest BCUT2D eigenvalue weighted by Crippen LogP contribution is 2.20. The smallest absolute Gasteiger partial charge is 0.344 e. The van der Waals surface area contributed by atoms with E-state index in [4.69, 9.17) is 14.6 Å². The summed E-state index contributed by atoms with van der Waals surface area (Å²) in [6.45, 7) is 1.46. The van der Waals surface area contributed by atoms with E-state index < -0.39 is 18.0 Å². The Balaban J connectivity index is 2.13. The van der Waals surface area contributed by atoms with Crippen molar-refractivity contribution in [2.75, 3.05) is 7.11 Å². The molecule has 0 aliphatic rings.